The summed E-state index contributed by atoms with van der Waals surface area (Å²) in [5.41, 5.74) is 1.86. The standard InChI is InChI=1S/C7H7F.C7H9N/c1-6-4-2-3-5-7(6)8;1-2-7-5-3-4-6-8-7/h2-5H,1H3;3-6H,2H2,1H3. The molecule has 1 aromatic carbocycles. The zero-order chi connectivity index (χ0) is 11.8. The van der Waals surface area contributed by atoms with Gasteiger partial charge in [-0.05, 0) is 37.1 Å². The van der Waals surface area contributed by atoms with Crippen molar-refractivity contribution in [1.29, 1.82) is 0 Å². The minimum Gasteiger partial charge on any atom is -0.261 e. The van der Waals surface area contributed by atoms with Crippen molar-refractivity contribution in [2.45, 2.75) is 20.3 Å². The van der Waals surface area contributed by atoms with Gasteiger partial charge in [-0.2, -0.15) is 0 Å². The lowest BCUT2D eigenvalue weighted by Crippen LogP contribution is -1.81. The van der Waals surface area contributed by atoms with Crippen LogP contribution < -0.4 is 0 Å². The van der Waals surface area contributed by atoms with Crippen molar-refractivity contribution in [2.24, 2.45) is 0 Å². The quantitative estimate of drug-likeness (QED) is 0.708. The Morgan fingerprint density at radius 2 is 1.75 bits per heavy atom. The summed E-state index contributed by atoms with van der Waals surface area (Å²) < 4.78 is 12.3. The second-order valence-electron chi connectivity index (χ2n) is 3.42. The first-order valence-electron chi connectivity index (χ1n) is 5.35. The largest absolute Gasteiger partial charge is 0.261 e. The van der Waals surface area contributed by atoms with Crippen LogP contribution in [0, 0.1) is 12.7 Å². The molecule has 0 fully saturated rings. The molecule has 0 spiro atoms. The van der Waals surface area contributed by atoms with Crippen molar-refractivity contribution in [3.8, 4) is 0 Å². The molecule has 0 saturated carbocycles. The minimum atomic E-state index is -0.132. The van der Waals surface area contributed by atoms with Gasteiger partial charge in [-0.25, -0.2) is 4.39 Å². The molecule has 0 saturated heterocycles. The molecule has 1 aromatic heterocycles. The summed E-state index contributed by atoms with van der Waals surface area (Å²) in [7, 11) is 0. The van der Waals surface area contributed by atoms with Crippen LogP contribution in [0.25, 0.3) is 0 Å². The van der Waals surface area contributed by atoms with Crippen LogP contribution in [0.2, 0.25) is 0 Å². The highest BCUT2D eigenvalue weighted by Crippen LogP contribution is 2.02. The van der Waals surface area contributed by atoms with E-state index >= 15 is 0 Å². The maximum atomic E-state index is 12.3. The van der Waals surface area contributed by atoms with Gasteiger partial charge in [0.05, 0.1) is 0 Å². The second kappa shape index (κ2) is 6.72. The number of aromatic nitrogens is 1. The molecule has 0 radical (unpaired) electrons. The number of halogens is 1. The fraction of sp³-hybridized carbons (Fsp3) is 0.214. The molecule has 0 bridgehead atoms. The normalized spacial score (nSPS) is 9.19. The molecule has 0 unspecified atom stereocenters. The van der Waals surface area contributed by atoms with E-state index in [1.54, 1.807) is 19.1 Å². The number of benzene rings is 1. The molecule has 0 N–H and O–H groups in total. The third-order valence-corrected chi connectivity index (χ3v) is 2.16. The summed E-state index contributed by atoms with van der Waals surface area (Å²) in [6, 6.07) is 12.7. The number of rotatable bonds is 1. The number of nitrogens with zero attached hydrogens (tertiary/aromatic N) is 1. The maximum absolute atomic E-state index is 12.3. The average Bonchev–Trinajstić information content (AvgIpc) is 2.35. The van der Waals surface area contributed by atoms with Crippen molar-refractivity contribution < 1.29 is 4.39 Å². The van der Waals surface area contributed by atoms with Gasteiger partial charge in [-0.3, -0.25) is 4.98 Å². The van der Waals surface area contributed by atoms with E-state index in [-0.39, 0.29) is 5.82 Å². The van der Waals surface area contributed by atoms with E-state index in [1.807, 2.05) is 30.5 Å². The zero-order valence-electron chi connectivity index (χ0n) is 9.65. The van der Waals surface area contributed by atoms with E-state index in [1.165, 1.54) is 6.07 Å². The van der Waals surface area contributed by atoms with Gasteiger partial charge in [0.2, 0.25) is 0 Å². The van der Waals surface area contributed by atoms with Crippen LogP contribution in [0.5, 0.6) is 0 Å². The Balaban J connectivity index is 0.000000160. The molecule has 1 nitrogen and oxygen atoms in total. The Bertz CT molecular complexity index is 391. The molecule has 0 amide bonds. The molecule has 2 rings (SSSR count). The Morgan fingerprint density at radius 1 is 1.06 bits per heavy atom. The first kappa shape index (κ1) is 12.4. The predicted octanol–water partition coefficient (Wildman–Crippen LogP) is 3.78. The summed E-state index contributed by atoms with van der Waals surface area (Å²) >= 11 is 0. The summed E-state index contributed by atoms with van der Waals surface area (Å²) in [6.07, 6.45) is 2.85. The van der Waals surface area contributed by atoms with Crippen LogP contribution in [0.1, 0.15) is 18.2 Å². The number of hydrogen-bond acceptors (Lipinski definition) is 1. The lowest BCUT2D eigenvalue weighted by Gasteiger charge is -1.89. The molecule has 0 atom stereocenters. The minimum absolute atomic E-state index is 0.132. The van der Waals surface area contributed by atoms with Gasteiger partial charge in [0, 0.05) is 11.9 Å². The van der Waals surface area contributed by atoms with Crippen molar-refractivity contribution in [3.05, 3.63) is 65.7 Å². The molecule has 1 heterocycles. The van der Waals surface area contributed by atoms with Gasteiger partial charge in [0.1, 0.15) is 5.82 Å². The summed E-state index contributed by atoms with van der Waals surface area (Å²) in [5, 5.41) is 0. The van der Waals surface area contributed by atoms with Crippen LogP contribution in [-0.2, 0) is 6.42 Å². The highest BCUT2D eigenvalue weighted by atomic mass is 19.1. The van der Waals surface area contributed by atoms with Gasteiger partial charge in [-0.1, -0.05) is 31.2 Å². The Hall–Kier alpha value is -1.70. The Labute approximate surface area is 96.0 Å². The topological polar surface area (TPSA) is 12.9 Å². The number of aryl methyl sites for hydroxylation is 2. The first-order chi connectivity index (χ1) is 7.74. The highest BCUT2D eigenvalue weighted by molar-refractivity contribution is 5.14. The highest BCUT2D eigenvalue weighted by Gasteiger charge is 1.88. The van der Waals surface area contributed by atoms with Gasteiger partial charge in [0.25, 0.3) is 0 Å². The maximum Gasteiger partial charge on any atom is 0.126 e. The molecule has 2 heteroatoms. The van der Waals surface area contributed by atoms with Crippen LogP contribution in [-0.4, -0.2) is 4.98 Å². The number of pyridine rings is 1. The van der Waals surface area contributed by atoms with Crippen molar-refractivity contribution >= 4 is 0 Å². The van der Waals surface area contributed by atoms with E-state index in [0.717, 1.165) is 12.1 Å². The fourth-order valence-electron chi connectivity index (χ4n) is 1.16. The summed E-state index contributed by atoms with van der Waals surface area (Å²) in [6.45, 7) is 3.84. The molecule has 2 aromatic rings. The van der Waals surface area contributed by atoms with E-state index < -0.39 is 0 Å². The van der Waals surface area contributed by atoms with Crippen LogP contribution in [0.15, 0.2) is 48.7 Å². The van der Waals surface area contributed by atoms with E-state index in [9.17, 15) is 4.39 Å². The van der Waals surface area contributed by atoms with E-state index in [2.05, 4.69) is 11.9 Å². The third-order valence-electron chi connectivity index (χ3n) is 2.16. The van der Waals surface area contributed by atoms with Gasteiger partial charge >= 0.3 is 0 Å². The average molecular weight is 217 g/mol. The summed E-state index contributed by atoms with van der Waals surface area (Å²) in [4.78, 5) is 4.10. The Kier molecular flexibility index (Phi) is 5.20. The van der Waals surface area contributed by atoms with Crippen LogP contribution in [0.4, 0.5) is 4.39 Å². The van der Waals surface area contributed by atoms with Crippen LogP contribution in [0.3, 0.4) is 0 Å². The van der Waals surface area contributed by atoms with Gasteiger partial charge in [-0.15, -0.1) is 0 Å². The van der Waals surface area contributed by atoms with Gasteiger partial charge < -0.3 is 0 Å². The van der Waals surface area contributed by atoms with E-state index in [4.69, 9.17) is 0 Å². The Morgan fingerprint density at radius 3 is 2.12 bits per heavy atom. The predicted molar refractivity (Wildman–Crippen MR) is 64.8 cm³/mol. The summed E-state index contributed by atoms with van der Waals surface area (Å²) in [5.74, 6) is -0.132. The van der Waals surface area contributed by atoms with E-state index in [0.29, 0.717) is 5.56 Å². The fourth-order valence-corrected chi connectivity index (χ4v) is 1.16. The molecule has 0 aliphatic rings. The smallest absolute Gasteiger partial charge is 0.126 e. The van der Waals surface area contributed by atoms with Crippen molar-refractivity contribution in [2.75, 3.05) is 0 Å². The first-order valence-corrected chi connectivity index (χ1v) is 5.35. The third kappa shape index (κ3) is 4.22. The zero-order valence-corrected chi connectivity index (χ0v) is 9.65. The molecular formula is C14H16FN. The lowest BCUT2D eigenvalue weighted by atomic mass is 10.2. The molecule has 16 heavy (non-hydrogen) atoms. The van der Waals surface area contributed by atoms with Crippen molar-refractivity contribution in [1.82, 2.24) is 4.98 Å². The molecular weight excluding hydrogens is 201 g/mol. The second-order valence-corrected chi connectivity index (χ2v) is 3.42. The van der Waals surface area contributed by atoms with Gasteiger partial charge in [0.15, 0.2) is 0 Å². The molecule has 84 valence electrons. The number of hydrogen-bond donors (Lipinski definition) is 0. The monoisotopic (exact) mass is 217 g/mol. The molecule has 0 aliphatic carbocycles. The molecule has 0 aliphatic heterocycles. The SMILES string of the molecule is CCc1ccccn1.Cc1ccccc1F. The lowest BCUT2D eigenvalue weighted by molar-refractivity contribution is 0.618. The van der Waals surface area contributed by atoms with Crippen LogP contribution >= 0.6 is 0 Å². The van der Waals surface area contributed by atoms with Crippen molar-refractivity contribution in [3.63, 3.8) is 0 Å².